The maximum Gasteiger partial charge on any atom is 0.115 e. The van der Waals surface area contributed by atoms with Crippen molar-refractivity contribution >= 4 is 34.0 Å². The molecule has 29 heavy (non-hydrogen) atoms. The molecular formula is C24H34Br2N2O. The molecule has 0 aromatic heterocycles. The largest absolute Gasteiger partial charge is 0.508 e. The van der Waals surface area contributed by atoms with Crippen LogP contribution in [0.4, 0.5) is 0 Å². The molecule has 1 heterocycles. The van der Waals surface area contributed by atoms with Gasteiger partial charge in [0.25, 0.3) is 0 Å². The molecule has 4 rings (SSSR count). The summed E-state index contributed by atoms with van der Waals surface area (Å²) >= 11 is 0. The second-order valence-corrected chi connectivity index (χ2v) is 8.16. The summed E-state index contributed by atoms with van der Waals surface area (Å²) < 4.78 is 0. The van der Waals surface area contributed by atoms with Crippen LogP contribution in [0.3, 0.4) is 0 Å². The number of rotatable bonds is 5. The number of benzene rings is 2. The SMILES string of the molecule is Br.Br.Oc1cccc(CC(c2ccccc2)N2CCN(C3CCCCC3)CC2)c1. The maximum absolute atomic E-state index is 9.87. The van der Waals surface area contributed by atoms with Crippen LogP contribution in [0.25, 0.3) is 0 Å². The number of piperazine rings is 1. The summed E-state index contributed by atoms with van der Waals surface area (Å²) in [4.78, 5) is 5.39. The fraction of sp³-hybridized carbons (Fsp3) is 0.500. The van der Waals surface area contributed by atoms with E-state index in [-0.39, 0.29) is 34.0 Å². The number of hydrogen-bond donors (Lipinski definition) is 1. The van der Waals surface area contributed by atoms with Gasteiger partial charge in [-0.3, -0.25) is 9.80 Å². The Morgan fingerprint density at radius 3 is 2.17 bits per heavy atom. The fourth-order valence-electron chi connectivity index (χ4n) is 4.90. The van der Waals surface area contributed by atoms with E-state index in [1.165, 1.54) is 56.3 Å². The molecular weight excluding hydrogens is 492 g/mol. The number of aromatic hydroxyl groups is 1. The number of nitrogens with zero attached hydrogens (tertiary/aromatic N) is 2. The molecule has 1 N–H and O–H groups in total. The second-order valence-electron chi connectivity index (χ2n) is 8.16. The van der Waals surface area contributed by atoms with Crippen LogP contribution >= 0.6 is 34.0 Å². The Labute approximate surface area is 196 Å². The van der Waals surface area contributed by atoms with Crippen LogP contribution in [0.2, 0.25) is 0 Å². The standard InChI is InChI=1S/C24H32N2O.2BrH/c27-23-13-7-8-20(18-23)19-24(21-9-3-1-4-10-21)26-16-14-25(15-17-26)22-11-5-2-6-12-22;;/h1,3-4,7-10,13,18,22,24,27H,2,5-6,11-12,14-17,19H2;2*1H. The third kappa shape index (κ3) is 6.55. The number of phenols is 1. The zero-order valence-corrected chi connectivity index (χ0v) is 20.5. The van der Waals surface area contributed by atoms with Crippen molar-refractivity contribution in [2.75, 3.05) is 26.2 Å². The van der Waals surface area contributed by atoms with E-state index < -0.39 is 0 Å². The first-order chi connectivity index (χ1) is 13.3. The lowest BCUT2D eigenvalue weighted by molar-refractivity contribution is 0.0559. The molecule has 0 amide bonds. The summed E-state index contributed by atoms with van der Waals surface area (Å²) in [6.07, 6.45) is 7.99. The van der Waals surface area contributed by atoms with E-state index in [4.69, 9.17) is 0 Å². The molecule has 0 spiro atoms. The number of phenolic OH excluding ortho intramolecular Hbond substituents is 1. The summed E-state index contributed by atoms with van der Waals surface area (Å²) in [7, 11) is 0. The monoisotopic (exact) mass is 524 g/mol. The number of hydrogen-bond acceptors (Lipinski definition) is 3. The number of halogens is 2. The molecule has 1 saturated heterocycles. The highest BCUT2D eigenvalue weighted by molar-refractivity contribution is 8.93. The molecule has 1 unspecified atom stereocenters. The van der Waals surface area contributed by atoms with Gasteiger partial charge in [-0.1, -0.05) is 61.7 Å². The minimum absolute atomic E-state index is 0. The van der Waals surface area contributed by atoms with Crippen LogP contribution in [0.5, 0.6) is 5.75 Å². The van der Waals surface area contributed by atoms with Crippen LogP contribution in [0.1, 0.15) is 49.3 Å². The Morgan fingerprint density at radius 2 is 1.52 bits per heavy atom. The van der Waals surface area contributed by atoms with E-state index in [0.29, 0.717) is 11.8 Å². The van der Waals surface area contributed by atoms with E-state index >= 15 is 0 Å². The molecule has 2 aromatic rings. The Hall–Kier alpha value is -0.880. The van der Waals surface area contributed by atoms with E-state index in [2.05, 4.69) is 46.2 Å². The van der Waals surface area contributed by atoms with Gasteiger partial charge in [-0.2, -0.15) is 0 Å². The zero-order chi connectivity index (χ0) is 18.5. The van der Waals surface area contributed by atoms with Crippen molar-refractivity contribution in [3.63, 3.8) is 0 Å². The summed E-state index contributed by atoms with van der Waals surface area (Å²) in [5.41, 5.74) is 2.59. The molecule has 2 aliphatic rings. The van der Waals surface area contributed by atoms with Crippen molar-refractivity contribution in [1.29, 1.82) is 0 Å². The van der Waals surface area contributed by atoms with E-state index in [9.17, 15) is 5.11 Å². The molecule has 1 aliphatic heterocycles. The van der Waals surface area contributed by atoms with E-state index in [0.717, 1.165) is 25.6 Å². The predicted octanol–water partition coefficient (Wildman–Crippen LogP) is 5.78. The van der Waals surface area contributed by atoms with Gasteiger partial charge in [0.1, 0.15) is 5.75 Å². The van der Waals surface area contributed by atoms with Gasteiger partial charge in [-0.25, -0.2) is 0 Å². The highest BCUT2D eigenvalue weighted by Crippen LogP contribution is 2.29. The molecule has 0 radical (unpaired) electrons. The van der Waals surface area contributed by atoms with Crippen molar-refractivity contribution in [2.45, 2.75) is 50.6 Å². The van der Waals surface area contributed by atoms with E-state index in [1.807, 2.05) is 12.1 Å². The lowest BCUT2D eigenvalue weighted by atomic mass is 9.93. The van der Waals surface area contributed by atoms with Crippen LogP contribution in [0, 0.1) is 0 Å². The second kappa shape index (κ2) is 12.1. The Balaban J connectivity index is 0.00000150. The van der Waals surface area contributed by atoms with Crippen molar-refractivity contribution in [2.24, 2.45) is 0 Å². The summed E-state index contributed by atoms with van der Waals surface area (Å²) in [5.74, 6) is 0.362. The lowest BCUT2D eigenvalue weighted by Gasteiger charge is -2.43. The molecule has 5 heteroatoms. The van der Waals surface area contributed by atoms with Crippen molar-refractivity contribution in [3.05, 3.63) is 65.7 Å². The third-order valence-corrected chi connectivity index (χ3v) is 6.40. The van der Waals surface area contributed by atoms with Crippen LogP contribution in [-0.4, -0.2) is 47.1 Å². The minimum atomic E-state index is 0. The Kier molecular flexibility index (Phi) is 10.2. The topological polar surface area (TPSA) is 26.7 Å². The van der Waals surface area contributed by atoms with Gasteiger partial charge in [-0.15, -0.1) is 34.0 Å². The normalized spacial score (nSPS) is 19.7. The summed E-state index contributed by atoms with van der Waals surface area (Å²) in [6.45, 7) is 4.64. The average molecular weight is 526 g/mol. The van der Waals surface area contributed by atoms with Crippen LogP contribution in [-0.2, 0) is 6.42 Å². The van der Waals surface area contributed by atoms with Gasteiger partial charge in [0.05, 0.1) is 0 Å². The van der Waals surface area contributed by atoms with Gasteiger partial charge < -0.3 is 5.11 Å². The molecule has 1 aliphatic carbocycles. The zero-order valence-electron chi connectivity index (χ0n) is 17.1. The van der Waals surface area contributed by atoms with Crippen molar-refractivity contribution in [1.82, 2.24) is 9.80 Å². The molecule has 1 saturated carbocycles. The first-order valence-corrected chi connectivity index (χ1v) is 10.6. The minimum Gasteiger partial charge on any atom is -0.508 e. The fourth-order valence-corrected chi connectivity index (χ4v) is 4.90. The van der Waals surface area contributed by atoms with Gasteiger partial charge >= 0.3 is 0 Å². The Morgan fingerprint density at radius 1 is 0.828 bits per heavy atom. The van der Waals surface area contributed by atoms with Gasteiger partial charge in [-0.05, 0) is 42.5 Å². The predicted molar refractivity (Wildman–Crippen MR) is 132 cm³/mol. The van der Waals surface area contributed by atoms with E-state index in [1.54, 1.807) is 6.07 Å². The summed E-state index contributed by atoms with van der Waals surface area (Å²) in [5, 5.41) is 9.87. The quantitative estimate of drug-likeness (QED) is 0.535. The molecule has 160 valence electrons. The van der Waals surface area contributed by atoms with Gasteiger partial charge in [0, 0.05) is 38.3 Å². The first kappa shape index (κ1) is 24.4. The van der Waals surface area contributed by atoms with Gasteiger partial charge in [0.15, 0.2) is 0 Å². The highest BCUT2D eigenvalue weighted by Gasteiger charge is 2.29. The molecule has 0 bridgehead atoms. The molecule has 1 atom stereocenters. The lowest BCUT2D eigenvalue weighted by Crippen LogP contribution is -2.51. The maximum atomic E-state index is 9.87. The highest BCUT2D eigenvalue weighted by atomic mass is 79.9. The van der Waals surface area contributed by atoms with Crippen LogP contribution in [0.15, 0.2) is 54.6 Å². The Bertz CT molecular complexity index is 714. The third-order valence-electron chi connectivity index (χ3n) is 6.40. The molecule has 3 nitrogen and oxygen atoms in total. The van der Waals surface area contributed by atoms with Crippen molar-refractivity contribution < 1.29 is 5.11 Å². The molecule has 2 fully saturated rings. The van der Waals surface area contributed by atoms with Crippen molar-refractivity contribution in [3.8, 4) is 5.75 Å². The molecule has 2 aromatic carbocycles. The smallest absolute Gasteiger partial charge is 0.115 e. The first-order valence-electron chi connectivity index (χ1n) is 10.6. The summed E-state index contributed by atoms with van der Waals surface area (Å²) in [6, 6.07) is 19.8. The average Bonchev–Trinajstić information content (AvgIpc) is 2.74. The van der Waals surface area contributed by atoms with Gasteiger partial charge in [0.2, 0.25) is 0 Å². The van der Waals surface area contributed by atoms with Crippen LogP contribution < -0.4 is 0 Å².